The molecule has 0 bridgehead atoms. The second-order valence-electron chi connectivity index (χ2n) is 12.3. The van der Waals surface area contributed by atoms with E-state index >= 15 is 0 Å². The second kappa shape index (κ2) is 24.9. The van der Waals surface area contributed by atoms with E-state index in [2.05, 4.69) is 20.8 Å². The molecular weight excluding hydrogens is 590 g/mol. The van der Waals surface area contributed by atoms with Crippen molar-refractivity contribution in [3.63, 3.8) is 0 Å². The van der Waals surface area contributed by atoms with Crippen molar-refractivity contribution in [1.29, 1.82) is 0 Å². The van der Waals surface area contributed by atoms with Gasteiger partial charge in [-0.3, -0.25) is 19.0 Å². The van der Waals surface area contributed by atoms with Gasteiger partial charge in [0.15, 0.2) is 0 Å². The van der Waals surface area contributed by atoms with E-state index in [-0.39, 0.29) is 26.2 Å². The van der Waals surface area contributed by atoms with Gasteiger partial charge in [0.25, 0.3) is 10.1 Å². The number of unbranched alkanes of at least 4 members (excludes halogenated alkanes) is 2. The molecule has 0 aliphatic carbocycles. The average molecular weight is 656 g/mol. The lowest BCUT2D eigenvalue weighted by Gasteiger charge is -2.40. The maximum Gasteiger partial charge on any atom is 0.328 e. The number of aliphatic carboxylic acids is 2. The van der Waals surface area contributed by atoms with Crippen LogP contribution in [0, 0.1) is 29.6 Å². The summed E-state index contributed by atoms with van der Waals surface area (Å²) in [6.07, 6.45) is 9.87. The normalized spacial score (nSPS) is 16.7. The van der Waals surface area contributed by atoms with Gasteiger partial charge in [-0.25, -0.2) is 0 Å². The summed E-state index contributed by atoms with van der Waals surface area (Å²) in [5, 5.41) is 45.8. The van der Waals surface area contributed by atoms with Crippen LogP contribution in [0.25, 0.3) is 0 Å². The molecule has 0 saturated heterocycles. The van der Waals surface area contributed by atoms with E-state index < -0.39 is 44.6 Å². The zero-order valence-electron chi connectivity index (χ0n) is 28.3. The molecular formula is C32H65NO10S. The number of hydrogen-bond acceptors (Lipinski definition) is 8. The number of nitrogens with zero attached hydrogens (tertiary/aromatic N) is 1. The summed E-state index contributed by atoms with van der Waals surface area (Å²) in [5.41, 5.74) is 0. The standard InChI is InChI=1S/C26H50O7S.C6H15NO3/c1-7-11-13-21(9-3)17-15-19(5)23(24(27)28)26(25(29)30,34(31,32)33)20(6)16-18-22(10-4)14-12-8-2;8-4-1-7(2-5-9)3-6-10/h19-23H,7-18H2,1-6H3,(H,27,28)(H,29,30)(H,31,32,33);8-10H,1-6H2. The smallest absolute Gasteiger partial charge is 0.328 e. The molecule has 0 aliphatic heterocycles. The lowest BCUT2D eigenvalue weighted by atomic mass is 9.71. The fourth-order valence-corrected chi connectivity index (χ4v) is 7.74. The van der Waals surface area contributed by atoms with Crippen molar-refractivity contribution in [3.05, 3.63) is 0 Å². The fraction of sp³-hybridized carbons (Fsp3) is 0.938. The van der Waals surface area contributed by atoms with Crippen LogP contribution >= 0.6 is 0 Å². The first-order valence-corrected chi connectivity index (χ1v) is 18.1. The van der Waals surface area contributed by atoms with Crippen molar-refractivity contribution >= 4 is 22.1 Å². The Kier molecular flexibility index (Phi) is 25.3. The third kappa shape index (κ3) is 15.3. The highest BCUT2D eigenvalue weighted by atomic mass is 32.2. The number of aliphatic hydroxyl groups is 3. The predicted octanol–water partition coefficient (Wildman–Crippen LogP) is 4.93. The number of rotatable bonds is 26. The van der Waals surface area contributed by atoms with Crippen LogP contribution in [0.2, 0.25) is 0 Å². The Morgan fingerprint density at radius 2 is 1.11 bits per heavy atom. The van der Waals surface area contributed by atoms with E-state index in [1.54, 1.807) is 11.8 Å². The molecule has 11 nitrogen and oxygen atoms in total. The topological polar surface area (TPSA) is 193 Å². The first kappa shape index (κ1) is 44.8. The number of hydrogen-bond donors (Lipinski definition) is 6. The predicted molar refractivity (Wildman–Crippen MR) is 174 cm³/mol. The molecule has 6 atom stereocenters. The van der Waals surface area contributed by atoms with Crippen LogP contribution in [0.4, 0.5) is 0 Å². The Labute approximate surface area is 267 Å². The molecule has 6 N–H and O–H groups in total. The van der Waals surface area contributed by atoms with Crippen LogP contribution in [0.5, 0.6) is 0 Å². The van der Waals surface area contributed by atoms with Gasteiger partial charge < -0.3 is 25.5 Å². The first-order valence-electron chi connectivity index (χ1n) is 16.7. The summed E-state index contributed by atoms with van der Waals surface area (Å²) in [4.78, 5) is 26.8. The molecule has 0 radical (unpaired) electrons. The van der Waals surface area contributed by atoms with Gasteiger partial charge in [-0.05, 0) is 36.5 Å². The van der Waals surface area contributed by atoms with Crippen LogP contribution in [0.1, 0.15) is 119 Å². The minimum absolute atomic E-state index is 0.0694. The summed E-state index contributed by atoms with van der Waals surface area (Å²) in [7, 11) is -5.22. The highest BCUT2D eigenvalue weighted by molar-refractivity contribution is 7.88. The molecule has 6 unspecified atom stereocenters. The SMILES string of the molecule is CCCCC(CC)CCC(C)C(C(=O)O)C(C(=O)O)(C(C)CCC(CC)CCCC)S(=O)(=O)O.OCCN(CCO)CCO. The number of carboxylic acid groups (broad SMARTS) is 2. The third-order valence-electron chi connectivity index (χ3n) is 9.16. The zero-order chi connectivity index (χ0) is 34.3. The largest absolute Gasteiger partial charge is 0.481 e. The van der Waals surface area contributed by atoms with Crippen LogP contribution in [0.15, 0.2) is 0 Å². The Morgan fingerprint density at radius 3 is 1.41 bits per heavy atom. The molecule has 0 aromatic carbocycles. The molecule has 0 spiro atoms. The van der Waals surface area contributed by atoms with Gasteiger partial charge in [0, 0.05) is 19.6 Å². The van der Waals surface area contributed by atoms with Crippen LogP contribution in [0.3, 0.4) is 0 Å². The van der Waals surface area contributed by atoms with E-state index in [0.717, 1.165) is 51.4 Å². The first-order chi connectivity index (χ1) is 20.7. The van der Waals surface area contributed by atoms with Crippen molar-refractivity contribution in [1.82, 2.24) is 4.90 Å². The van der Waals surface area contributed by atoms with Crippen molar-refractivity contribution in [3.8, 4) is 0 Å². The number of carboxylic acids is 2. The molecule has 0 fully saturated rings. The van der Waals surface area contributed by atoms with Gasteiger partial charge >= 0.3 is 11.9 Å². The van der Waals surface area contributed by atoms with E-state index in [0.29, 0.717) is 50.7 Å². The molecule has 0 rings (SSSR count). The average Bonchev–Trinajstić information content (AvgIpc) is 2.95. The van der Waals surface area contributed by atoms with E-state index in [4.69, 9.17) is 15.3 Å². The van der Waals surface area contributed by atoms with Crippen molar-refractivity contribution in [2.24, 2.45) is 29.6 Å². The monoisotopic (exact) mass is 655 g/mol. The maximum atomic E-state index is 12.7. The minimum Gasteiger partial charge on any atom is -0.481 e. The number of carbonyl (C=O) groups is 2. The van der Waals surface area contributed by atoms with Crippen molar-refractivity contribution in [2.75, 3.05) is 39.5 Å². The van der Waals surface area contributed by atoms with Crippen LogP contribution in [-0.4, -0.2) is 99.5 Å². The molecule has 0 aromatic heterocycles. The summed E-state index contributed by atoms with van der Waals surface area (Å²) in [6.45, 7) is 13.1. The highest BCUT2D eigenvalue weighted by Gasteiger charge is 2.63. The molecule has 44 heavy (non-hydrogen) atoms. The Morgan fingerprint density at radius 1 is 0.705 bits per heavy atom. The fourth-order valence-electron chi connectivity index (χ4n) is 6.24. The van der Waals surface area contributed by atoms with E-state index in [1.165, 1.54) is 6.92 Å². The van der Waals surface area contributed by atoms with Gasteiger partial charge in [-0.15, -0.1) is 0 Å². The lowest BCUT2D eigenvalue weighted by Crippen LogP contribution is -2.61. The maximum absolute atomic E-state index is 12.7. The lowest BCUT2D eigenvalue weighted by molar-refractivity contribution is -0.156. The van der Waals surface area contributed by atoms with Crippen LogP contribution < -0.4 is 0 Å². The Hall–Kier alpha value is -1.31. The molecule has 12 heteroatoms. The summed E-state index contributed by atoms with van der Waals surface area (Å²) >= 11 is 0. The van der Waals surface area contributed by atoms with Crippen molar-refractivity contribution in [2.45, 2.75) is 123 Å². The molecule has 264 valence electrons. The Balaban J connectivity index is 0. The number of aliphatic hydroxyl groups excluding tert-OH is 3. The van der Waals surface area contributed by atoms with Crippen molar-refractivity contribution < 1.29 is 48.1 Å². The zero-order valence-corrected chi connectivity index (χ0v) is 29.1. The van der Waals surface area contributed by atoms with Gasteiger partial charge in [-0.2, -0.15) is 8.42 Å². The quantitative estimate of drug-likeness (QED) is 0.0692. The van der Waals surface area contributed by atoms with E-state index in [9.17, 15) is 32.8 Å². The Bertz CT molecular complexity index is 842. The van der Waals surface area contributed by atoms with Gasteiger partial charge in [-0.1, -0.05) is 106 Å². The minimum atomic E-state index is -5.22. The van der Waals surface area contributed by atoms with Gasteiger partial charge in [0.05, 0.1) is 25.7 Å². The molecule has 0 saturated carbocycles. The van der Waals surface area contributed by atoms with Gasteiger partial charge in [0.2, 0.25) is 4.75 Å². The van der Waals surface area contributed by atoms with Crippen LogP contribution in [-0.2, 0) is 19.7 Å². The molecule has 0 aliphatic rings. The summed E-state index contributed by atoms with van der Waals surface area (Å²) < 4.78 is 32.9. The molecule has 0 heterocycles. The van der Waals surface area contributed by atoms with Gasteiger partial charge in [0.1, 0.15) is 0 Å². The molecule has 0 aromatic rings. The highest BCUT2D eigenvalue weighted by Crippen LogP contribution is 2.43. The third-order valence-corrected chi connectivity index (χ3v) is 10.8. The second-order valence-corrected chi connectivity index (χ2v) is 13.9. The molecule has 0 amide bonds. The van der Waals surface area contributed by atoms with E-state index in [1.807, 2.05) is 6.92 Å². The summed E-state index contributed by atoms with van der Waals surface area (Å²) in [5.74, 6) is -6.10. The summed E-state index contributed by atoms with van der Waals surface area (Å²) in [6, 6.07) is 0.